The van der Waals surface area contributed by atoms with Crippen LogP contribution in [0.3, 0.4) is 0 Å². The highest BCUT2D eigenvalue weighted by atomic mass is 19.1. The van der Waals surface area contributed by atoms with E-state index in [1.165, 1.54) is 6.20 Å². The zero-order chi connectivity index (χ0) is 13.5. The van der Waals surface area contributed by atoms with E-state index >= 15 is 0 Å². The first-order valence-electron chi connectivity index (χ1n) is 6.34. The van der Waals surface area contributed by atoms with E-state index in [-0.39, 0.29) is 5.82 Å². The van der Waals surface area contributed by atoms with Crippen LogP contribution in [0, 0.1) is 5.82 Å². The number of anilines is 2. The van der Waals surface area contributed by atoms with Gasteiger partial charge in [0.1, 0.15) is 0 Å². The summed E-state index contributed by atoms with van der Waals surface area (Å²) < 4.78 is 13.6. The first-order chi connectivity index (χ1) is 9.29. The van der Waals surface area contributed by atoms with E-state index in [0.717, 1.165) is 18.5 Å². The van der Waals surface area contributed by atoms with Crippen LogP contribution in [0.25, 0.3) is 0 Å². The van der Waals surface area contributed by atoms with Gasteiger partial charge in [0.15, 0.2) is 11.6 Å². The Bertz CT molecular complexity index is 516. The molecule has 100 valence electrons. The smallest absolute Gasteiger partial charge is 0.224 e. The summed E-state index contributed by atoms with van der Waals surface area (Å²) in [5, 5.41) is 6.01. The van der Waals surface area contributed by atoms with Crippen molar-refractivity contribution >= 4 is 11.8 Å². The third-order valence-corrected chi connectivity index (χ3v) is 2.58. The highest BCUT2D eigenvalue weighted by Gasteiger charge is 2.06. The number of aromatic nitrogens is 2. The molecule has 0 aliphatic heterocycles. The molecule has 0 radical (unpaired) electrons. The minimum atomic E-state index is -0.446. The minimum Gasteiger partial charge on any atom is -0.363 e. The van der Waals surface area contributed by atoms with Gasteiger partial charge in [-0.25, -0.2) is 9.37 Å². The monoisotopic (exact) mass is 260 g/mol. The summed E-state index contributed by atoms with van der Waals surface area (Å²) in [4.78, 5) is 8.01. The van der Waals surface area contributed by atoms with Crippen LogP contribution in [-0.4, -0.2) is 16.5 Å². The fourth-order valence-electron chi connectivity index (χ4n) is 1.59. The highest BCUT2D eigenvalue weighted by Crippen LogP contribution is 2.13. The van der Waals surface area contributed by atoms with Crippen LogP contribution in [0.5, 0.6) is 0 Å². The summed E-state index contributed by atoms with van der Waals surface area (Å²) in [5.41, 5.74) is 1.07. The fraction of sp³-hybridized carbons (Fsp3) is 0.286. The van der Waals surface area contributed by atoms with Crippen LogP contribution in [0.1, 0.15) is 18.9 Å². The van der Waals surface area contributed by atoms with Crippen molar-refractivity contribution in [3.63, 3.8) is 0 Å². The molecule has 0 aliphatic rings. The summed E-state index contributed by atoms with van der Waals surface area (Å²) in [6, 6.07) is 9.79. The Morgan fingerprint density at radius 1 is 1.16 bits per heavy atom. The van der Waals surface area contributed by atoms with E-state index < -0.39 is 5.82 Å². The van der Waals surface area contributed by atoms with Gasteiger partial charge in [-0.1, -0.05) is 37.3 Å². The molecular formula is C14H17FN4. The summed E-state index contributed by atoms with van der Waals surface area (Å²) in [6.45, 7) is 3.34. The Kier molecular flexibility index (Phi) is 4.66. The van der Waals surface area contributed by atoms with Crippen LogP contribution in [-0.2, 0) is 6.54 Å². The zero-order valence-corrected chi connectivity index (χ0v) is 10.9. The van der Waals surface area contributed by atoms with E-state index in [1.54, 1.807) is 0 Å². The van der Waals surface area contributed by atoms with Gasteiger partial charge in [-0.2, -0.15) is 4.98 Å². The SMILES string of the molecule is CCCNc1ncc(F)c(NCc2ccccc2)n1. The molecule has 2 rings (SSSR count). The lowest BCUT2D eigenvalue weighted by molar-refractivity contribution is 0.617. The molecule has 0 spiro atoms. The molecule has 5 heteroatoms. The second-order valence-electron chi connectivity index (χ2n) is 4.16. The second kappa shape index (κ2) is 6.68. The number of benzene rings is 1. The molecule has 19 heavy (non-hydrogen) atoms. The van der Waals surface area contributed by atoms with Gasteiger partial charge in [0, 0.05) is 13.1 Å². The molecule has 0 fully saturated rings. The van der Waals surface area contributed by atoms with Crippen LogP contribution in [0.15, 0.2) is 36.5 Å². The highest BCUT2D eigenvalue weighted by molar-refractivity contribution is 5.41. The Morgan fingerprint density at radius 3 is 2.68 bits per heavy atom. The zero-order valence-electron chi connectivity index (χ0n) is 10.9. The van der Waals surface area contributed by atoms with E-state index in [4.69, 9.17) is 0 Å². The van der Waals surface area contributed by atoms with Crippen LogP contribution in [0.2, 0.25) is 0 Å². The number of hydrogen-bond acceptors (Lipinski definition) is 4. The molecule has 1 aromatic heterocycles. The van der Waals surface area contributed by atoms with Gasteiger partial charge in [0.05, 0.1) is 6.20 Å². The third kappa shape index (κ3) is 3.91. The van der Waals surface area contributed by atoms with Crippen molar-refractivity contribution in [2.24, 2.45) is 0 Å². The van der Waals surface area contributed by atoms with Gasteiger partial charge < -0.3 is 10.6 Å². The normalized spacial score (nSPS) is 10.2. The predicted molar refractivity (Wildman–Crippen MR) is 74.5 cm³/mol. The summed E-state index contributed by atoms with van der Waals surface area (Å²) in [5.74, 6) is 0.217. The minimum absolute atomic E-state index is 0.220. The lowest BCUT2D eigenvalue weighted by atomic mass is 10.2. The molecule has 0 unspecified atom stereocenters. The number of nitrogens with one attached hydrogen (secondary N) is 2. The molecular weight excluding hydrogens is 243 g/mol. The molecule has 0 saturated heterocycles. The summed E-state index contributed by atoms with van der Waals surface area (Å²) in [6.07, 6.45) is 2.14. The van der Waals surface area contributed by atoms with Crippen molar-refractivity contribution in [2.75, 3.05) is 17.2 Å². The number of hydrogen-bond donors (Lipinski definition) is 2. The lowest BCUT2D eigenvalue weighted by Crippen LogP contribution is -2.09. The molecule has 2 aromatic rings. The lowest BCUT2D eigenvalue weighted by Gasteiger charge is -2.09. The standard InChI is InChI=1S/C14H17FN4/c1-2-8-16-14-18-10-12(15)13(19-14)17-9-11-6-4-3-5-7-11/h3-7,10H,2,8-9H2,1H3,(H2,16,17,18,19). The summed E-state index contributed by atoms with van der Waals surface area (Å²) in [7, 11) is 0. The van der Waals surface area contributed by atoms with Gasteiger partial charge in [-0.3, -0.25) is 0 Å². The van der Waals surface area contributed by atoms with E-state index in [0.29, 0.717) is 12.5 Å². The van der Waals surface area contributed by atoms with Crippen molar-refractivity contribution in [3.05, 3.63) is 47.9 Å². The van der Waals surface area contributed by atoms with Crippen molar-refractivity contribution in [1.29, 1.82) is 0 Å². The van der Waals surface area contributed by atoms with Crippen LogP contribution in [0.4, 0.5) is 16.2 Å². The average molecular weight is 260 g/mol. The maximum Gasteiger partial charge on any atom is 0.224 e. The van der Waals surface area contributed by atoms with E-state index in [2.05, 4.69) is 20.6 Å². The largest absolute Gasteiger partial charge is 0.363 e. The van der Waals surface area contributed by atoms with Gasteiger partial charge in [0.2, 0.25) is 5.95 Å². The number of halogens is 1. The van der Waals surface area contributed by atoms with E-state index in [9.17, 15) is 4.39 Å². The molecule has 2 N–H and O–H groups in total. The second-order valence-corrected chi connectivity index (χ2v) is 4.16. The maximum atomic E-state index is 13.6. The van der Waals surface area contributed by atoms with Crippen LogP contribution < -0.4 is 10.6 Å². The molecule has 0 amide bonds. The Labute approximate surface area is 112 Å². The van der Waals surface area contributed by atoms with Crippen LogP contribution >= 0.6 is 0 Å². The van der Waals surface area contributed by atoms with Crippen molar-refractivity contribution in [3.8, 4) is 0 Å². The summed E-state index contributed by atoms with van der Waals surface area (Å²) >= 11 is 0. The van der Waals surface area contributed by atoms with Gasteiger partial charge in [0.25, 0.3) is 0 Å². The molecule has 0 atom stereocenters. The van der Waals surface area contributed by atoms with Gasteiger partial charge >= 0.3 is 0 Å². The Morgan fingerprint density at radius 2 is 1.95 bits per heavy atom. The van der Waals surface area contributed by atoms with Crippen molar-refractivity contribution in [2.45, 2.75) is 19.9 Å². The van der Waals surface area contributed by atoms with Gasteiger partial charge in [-0.05, 0) is 12.0 Å². The molecule has 4 nitrogen and oxygen atoms in total. The average Bonchev–Trinajstić information content (AvgIpc) is 2.46. The topological polar surface area (TPSA) is 49.8 Å². The molecule has 1 aromatic carbocycles. The first-order valence-corrected chi connectivity index (χ1v) is 6.34. The fourth-order valence-corrected chi connectivity index (χ4v) is 1.59. The molecule has 0 saturated carbocycles. The van der Waals surface area contributed by atoms with E-state index in [1.807, 2.05) is 37.3 Å². The maximum absolute atomic E-state index is 13.6. The number of nitrogens with zero attached hydrogens (tertiary/aromatic N) is 2. The van der Waals surface area contributed by atoms with Crippen molar-refractivity contribution < 1.29 is 4.39 Å². The molecule has 1 heterocycles. The van der Waals surface area contributed by atoms with Crippen molar-refractivity contribution in [1.82, 2.24) is 9.97 Å². The number of rotatable bonds is 6. The Hall–Kier alpha value is -2.17. The quantitative estimate of drug-likeness (QED) is 0.838. The predicted octanol–water partition coefficient (Wildman–Crippen LogP) is 3.05. The molecule has 0 aliphatic carbocycles. The molecule has 0 bridgehead atoms. The first kappa shape index (κ1) is 13.3. The van der Waals surface area contributed by atoms with Gasteiger partial charge in [-0.15, -0.1) is 0 Å². The Balaban J connectivity index is 2.02. The third-order valence-electron chi connectivity index (χ3n) is 2.58.